The van der Waals surface area contributed by atoms with Crippen LogP contribution in [0.25, 0.3) is 0 Å². The van der Waals surface area contributed by atoms with Gasteiger partial charge in [0.2, 0.25) is 0 Å². The molecule has 1 heterocycles. The van der Waals surface area contributed by atoms with Crippen LogP contribution in [0.3, 0.4) is 0 Å². The fraction of sp³-hybridized carbons (Fsp3) is 0.538. The van der Waals surface area contributed by atoms with E-state index in [4.69, 9.17) is 0 Å². The van der Waals surface area contributed by atoms with Crippen LogP contribution in [0.2, 0.25) is 0 Å². The number of nitrogens with one attached hydrogen (secondary N) is 1. The molecular weight excluding hydrogens is 272 g/mol. The molecule has 1 aromatic rings. The van der Waals surface area contributed by atoms with Gasteiger partial charge in [-0.2, -0.15) is 0 Å². The third-order valence-corrected chi connectivity index (χ3v) is 5.08. The number of hydrogen-bond donors (Lipinski definition) is 1. The lowest BCUT2D eigenvalue weighted by Gasteiger charge is -2.23. The molecule has 1 aromatic carbocycles. The largest absolute Gasteiger partial charge is 0.309 e. The molecule has 1 unspecified atom stereocenters. The second-order valence-electron chi connectivity index (χ2n) is 4.88. The van der Waals surface area contributed by atoms with Gasteiger partial charge in [-0.3, -0.25) is 0 Å². The van der Waals surface area contributed by atoms with E-state index in [2.05, 4.69) is 5.32 Å². The van der Waals surface area contributed by atoms with E-state index in [1.165, 1.54) is 12.1 Å². The van der Waals surface area contributed by atoms with Gasteiger partial charge in [0.15, 0.2) is 9.84 Å². The van der Waals surface area contributed by atoms with Gasteiger partial charge in [-0.1, -0.05) is 18.2 Å². The lowest BCUT2D eigenvalue weighted by molar-refractivity contribution is 0.151. The average Bonchev–Trinajstić information content (AvgIpc) is 2.35. The van der Waals surface area contributed by atoms with Crippen LogP contribution in [0.5, 0.6) is 0 Å². The molecule has 19 heavy (non-hydrogen) atoms. The Labute approximate surface area is 111 Å². The fourth-order valence-corrected chi connectivity index (χ4v) is 3.96. The van der Waals surface area contributed by atoms with Gasteiger partial charge in [0.1, 0.15) is 0 Å². The van der Waals surface area contributed by atoms with Gasteiger partial charge in [0.25, 0.3) is 6.43 Å². The van der Waals surface area contributed by atoms with Gasteiger partial charge in [-0.25, -0.2) is 17.2 Å². The third-order valence-electron chi connectivity index (χ3n) is 3.26. The Morgan fingerprint density at radius 3 is 2.84 bits per heavy atom. The molecule has 6 heteroatoms. The molecule has 1 fully saturated rings. The molecule has 0 aliphatic carbocycles. The lowest BCUT2D eigenvalue weighted by Crippen LogP contribution is -2.39. The Hall–Kier alpha value is -1.01. The summed E-state index contributed by atoms with van der Waals surface area (Å²) in [5.41, 5.74) is 0.747. The molecule has 0 bridgehead atoms. The fourth-order valence-electron chi connectivity index (χ4n) is 2.28. The molecule has 1 N–H and O–H groups in total. The number of alkyl halides is 2. The Balaban J connectivity index is 1.93. The zero-order valence-electron chi connectivity index (χ0n) is 10.5. The Bertz CT molecular complexity index is 531. The minimum absolute atomic E-state index is 0.00411. The minimum atomic E-state index is -2.94. The van der Waals surface area contributed by atoms with E-state index in [0.717, 1.165) is 12.0 Å². The zero-order valence-corrected chi connectivity index (χ0v) is 11.3. The highest BCUT2D eigenvalue weighted by Gasteiger charge is 2.24. The second-order valence-corrected chi connectivity index (χ2v) is 7.11. The molecule has 3 nitrogen and oxygen atoms in total. The number of rotatable bonds is 4. The maximum Gasteiger partial charge on any atom is 0.263 e. The summed E-state index contributed by atoms with van der Waals surface area (Å²) in [4.78, 5) is 0. The van der Waals surface area contributed by atoms with Crippen molar-refractivity contribution >= 4 is 9.84 Å². The monoisotopic (exact) mass is 289 g/mol. The molecule has 106 valence electrons. The second kappa shape index (κ2) is 5.96. The summed E-state index contributed by atoms with van der Waals surface area (Å²) in [7, 11) is -2.94. The minimum Gasteiger partial charge on any atom is -0.309 e. The summed E-state index contributed by atoms with van der Waals surface area (Å²) in [5, 5.41) is 3.14. The first kappa shape index (κ1) is 14.4. The van der Waals surface area contributed by atoms with E-state index in [0.29, 0.717) is 13.0 Å². The van der Waals surface area contributed by atoms with Crippen LogP contribution in [0.15, 0.2) is 24.3 Å². The van der Waals surface area contributed by atoms with Crippen molar-refractivity contribution < 1.29 is 17.2 Å². The van der Waals surface area contributed by atoms with Crippen LogP contribution in [0.4, 0.5) is 8.78 Å². The molecular formula is C13H17F2NO2S. The molecule has 0 radical (unpaired) electrons. The van der Waals surface area contributed by atoms with Gasteiger partial charge < -0.3 is 5.32 Å². The van der Waals surface area contributed by atoms with Gasteiger partial charge in [-0.15, -0.1) is 0 Å². The van der Waals surface area contributed by atoms with Crippen LogP contribution in [-0.4, -0.2) is 26.0 Å². The number of benzene rings is 1. The zero-order chi connectivity index (χ0) is 13.9. The standard InChI is InChI=1S/C13H17F2NO2S/c14-13(15)11-4-1-3-10(7-11)8-16-12-5-2-6-19(17,18)9-12/h1,3-4,7,12-13,16H,2,5-6,8-9H2. The van der Waals surface area contributed by atoms with Crippen molar-refractivity contribution in [3.05, 3.63) is 35.4 Å². The van der Waals surface area contributed by atoms with E-state index in [9.17, 15) is 17.2 Å². The van der Waals surface area contributed by atoms with E-state index < -0.39 is 16.3 Å². The van der Waals surface area contributed by atoms with Gasteiger partial charge in [0, 0.05) is 18.2 Å². The quantitative estimate of drug-likeness (QED) is 0.925. The SMILES string of the molecule is O=S1(=O)CCCC(NCc2cccc(C(F)F)c2)C1. The van der Waals surface area contributed by atoms with Crippen molar-refractivity contribution in [2.45, 2.75) is 31.9 Å². The average molecular weight is 289 g/mol. The number of sulfone groups is 1. The Kier molecular flexibility index (Phi) is 4.52. The first-order valence-electron chi connectivity index (χ1n) is 6.27. The molecule has 1 saturated heterocycles. The highest BCUT2D eigenvalue weighted by Crippen LogP contribution is 2.19. The first-order valence-corrected chi connectivity index (χ1v) is 8.09. The summed E-state index contributed by atoms with van der Waals surface area (Å²) < 4.78 is 48.0. The summed E-state index contributed by atoms with van der Waals surface area (Å²) in [6.07, 6.45) is -1.000. The molecule has 1 aliphatic heterocycles. The maximum absolute atomic E-state index is 12.5. The van der Waals surface area contributed by atoms with Crippen molar-refractivity contribution in [1.29, 1.82) is 0 Å². The summed E-state index contributed by atoms with van der Waals surface area (Å²) in [6.45, 7) is 0.417. The Morgan fingerprint density at radius 2 is 2.16 bits per heavy atom. The number of halogens is 2. The molecule has 0 amide bonds. The first-order chi connectivity index (χ1) is 8.96. The molecule has 2 rings (SSSR count). The van der Waals surface area contributed by atoms with E-state index >= 15 is 0 Å². The van der Waals surface area contributed by atoms with Crippen LogP contribution >= 0.6 is 0 Å². The van der Waals surface area contributed by atoms with Crippen molar-refractivity contribution in [3.8, 4) is 0 Å². The molecule has 0 aromatic heterocycles. The Morgan fingerprint density at radius 1 is 1.37 bits per heavy atom. The molecule has 0 saturated carbocycles. The normalized spacial score (nSPS) is 22.6. The van der Waals surface area contributed by atoms with E-state index in [1.54, 1.807) is 12.1 Å². The van der Waals surface area contributed by atoms with Gasteiger partial charge in [0.05, 0.1) is 11.5 Å². The van der Waals surface area contributed by atoms with E-state index in [1.807, 2.05) is 0 Å². The van der Waals surface area contributed by atoms with Gasteiger partial charge >= 0.3 is 0 Å². The summed E-state index contributed by atoms with van der Waals surface area (Å²) >= 11 is 0. The molecule has 1 atom stereocenters. The van der Waals surface area contributed by atoms with Crippen molar-refractivity contribution in [2.75, 3.05) is 11.5 Å². The number of hydrogen-bond acceptors (Lipinski definition) is 3. The van der Waals surface area contributed by atoms with E-state index in [-0.39, 0.29) is 23.1 Å². The summed E-state index contributed by atoms with van der Waals surface area (Å²) in [6, 6.07) is 6.12. The molecule has 0 spiro atoms. The van der Waals surface area contributed by atoms with Crippen LogP contribution in [0, 0.1) is 0 Å². The highest BCUT2D eigenvalue weighted by molar-refractivity contribution is 7.91. The summed E-state index contributed by atoms with van der Waals surface area (Å²) in [5.74, 6) is 0.396. The van der Waals surface area contributed by atoms with Crippen LogP contribution in [0.1, 0.15) is 30.4 Å². The third kappa shape index (κ3) is 4.24. The highest BCUT2D eigenvalue weighted by atomic mass is 32.2. The van der Waals surface area contributed by atoms with Crippen LogP contribution in [-0.2, 0) is 16.4 Å². The van der Waals surface area contributed by atoms with Crippen molar-refractivity contribution in [2.24, 2.45) is 0 Å². The lowest BCUT2D eigenvalue weighted by atomic mass is 10.1. The maximum atomic E-state index is 12.5. The van der Waals surface area contributed by atoms with Crippen molar-refractivity contribution in [1.82, 2.24) is 5.32 Å². The predicted molar refractivity (Wildman–Crippen MR) is 69.9 cm³/mol. The smallest absolute Gasteiger partial charge is 0.263 e. The van der Waals surface area contributed by atoms with Crippen LogP contribution < -0.4 is 5.32 Å². The van der Waals surface area contributed by atoms with Gasteiger partial charge in [-0.05, 0) is 24.5 Å². The van der Waals surface area contributed by atoms with Crippen molar-refractivity contribution in [3.63, 3.8) is 0 Å². The molecule has 1 aliphatic rings. The topological polar surface area (TPSA) is 46.2 Å². The predicted octanol–water partition coefficient (Wildman–Crippen LogP) is 2.29.